The first-order valence-corrected chi connectivity index (χ1v) is 9.35. The van der Waals surface area contributed by atoms with Crippen molar-refractivity contribution in [2.45, 2.75) is 44.8 Å². The van der Waals surface area contributed by atoms with Crippen molar-refractivity contribution in [2.75, 3.05) is 44.0 Å². The van der Waals surface area contributed by atoms with Crippen LogP contribution in [0.25, 0.3) is 0 Å². The third-order valence-electron chi connectivity index (χ3n) is 5.31. The number of pyridine rings is 1. The van der Waals surface area contributed by atoms with Crippen LogP contribution in [0.15, 0.2) is 18.3 Å². The molecule has 1 amide bonds. The van der Waals surface area contributed by atoms with Crippen molar-refractivity contribution in [3.05, 3.63) is 18.3 Å². The summed E-state index contributed by atoms with van der Waals surface area (Å²) < 4.78 is 5.56. The number of hydrogen-bond donors (Lipinski definition) is 1. The predicted octanol–water partition coefficient (Wildman–Crippen LogP) is 2.37. The van der Waals surface area contributed by atoms with Gasteiger partial charge >= 0.3 is 0 Å². The number of aromatic nitrogens is 1. The van der Waals surface area contributed by atoms with E-state index in [1.54, 1.807) is 0 Å². The van der Waals surface area contributed by atoms with Gasteiger partial charge in [0.15, 0.2) is 0 Å². The van der Waals surface area contributed by atoms with Gasteiger partial charge in [-0.05, 0) is 44.7 Å². The van der Waals surface area contributed by atoms with Gasteiger partial charge in [-0.25, -0.2) is 4.98 Å². The van der Waals surface area contributed by atoms with Gasteiger partial charge in [-0.2, -0.15) is 0 Å². The first-order valence-electron chi connectivity index (χ1n) is 9.35. The van der Waals surface area contributed by atoms with Crippen LogP contribution in [0.1, 0.15) is 32.6 Å². The number of rotatable bonds is 4. The molecule has 1 aromatic rings. The smallest absolute Gasteiger partial charge is 0.228 e. The molecule has 1 N–H and O–H groups in total. The van der Waals surface area contributed by atoms with Crippen molar-refractivity contribution in [3.63, 3.8) is 0 Å². The molecule has 0 aromatic carbocycles. The highest BCUT2D eigenvalue weighted by molar-refractivity contribution is 5.79. The first kappa shape index (κ1) is 18.0. The molecular weight excluding hydrogens is 316 g/mol. The number of ether oxygens (including phenoxy) is 1. The molecule has 3 rings (SSSR count). The van der Waals surface area contributed by atoms with E-state index in [0.717, 1.165) is 50.3 Å². The zero-order chi connectivity index (χ0) is 17.8. The van der Waals surface area contributed by atoms with Crippen molar-refractivity contribution in [1.82, 2.24) is 9.88 Å². The van der Waals surface area contributed by atoms with Crippen molar-refractivity contribution >= 4 is 17.4 Å². The van der Waals surface area contributed by atoms with Gasteiger partial charge in [0.2, 0.25) is 5.91 Å². The molecule has 6 nitrogen and oxygen atoms in total. The highest BCUT2D eigenvalue weighted by atomic mass is 16.5. The molecule has 3 atom stereocenters. The van der Waals surface area contributed by atoms with Crippen molar-refractivity contribution in [1.29, 1.82) is 0 Å². The zero-order valence-corrected chi connectivity index (χ0v) is 15.6. The maximum Gasteiger partial charge on any atom is 0.228 e. The predicted molar refractivity (Wildman–Crippen MR) is 99.9 cm³/mol. The van der Waals surface area contributed by atoms with Crippen LogP contribution in [0.4, 0.5) is 11.5 Å². The Hall–Kier alpha value is -1.82. The molecule has 2 fully saturated rings. The van der Waals surface area contributed by atoms with Crippen molar-refractivity contribution in [3.8, 4) is 0 Å². The summed E-state index contributed by atoms with van der Waals surface area (Å²) in [7, 11) is 3.98. The van der Waals surface area contributed by atoms with E-state index in [2.05, 4.69) is 16.4 Å². The minimum atomic E-state index is 0.0484. The van der Waals surface area contributed by atoms with Gasteiger partial charge in [-0.15, -0.1) is 0 Å². The lowest BCUT2D eigenvalue weighted by atomic mass is 10.0. The van der Waals surface area contributed by atoms with Crippen LogP contribution in [-0.2, 0) is 9.53 Å². The third kappa shape index (κ3) is 4.42. The standard InChI is InChI=1S/C19H30N4O2/c1-14-17(9-12-25-14)19(24)23-10-4-5-15(8-11-23)21-16-6-7-18(20-13-16)22(2)3/h6-7,13-15,17,21H,4-5,8-12H2,1-3H3/t14-,15+,17-/m0/s1. The summed E-state index contributed by atoms with van der Waals surface area (Å²) in [5, 5.41) is 3.58. The summed E-state index contributed by atoms with van der Waals surface area (Å²) >= 11 is 0. The van der Waals surface area contributed by atoms with E-state index in [9.17, 15) is 4.79 Å². The minimum Gasteiger partial charge on any atom is -0.381 e. The number of nitrogens with one attached hydrogen (secondary N) is 1. The molecule has 0 aliphatic carbocycles. The summed E-state index contributed by atoms with van der Waals surface area (Å²) in [6, 6.07) is 4.49. The number of likely N-dealkylation sites (tertiary alicyclic amines) is 1. The largest absolute Gasteiger partial charge is 0.381 e. The molecule has 2 aliphatic rings. The monoisotopic (exact) mass is 346 g/mol. The molecular formula is C19H30N4O2. The fraction of sp³-hybridized carbons (Fsp3) is 0.684. The van der Waals surface area contributed by atoms with Gasteiger partial charge in [-0.3, -0.25) is 4.79 Å². The lowest BCUT2D eigenvalue weighted by Crippen LogP contribution is -2.39. The van der Waals surface area contributed by atoms with Crippen LogP contribution in [0.3, 0.4) is 0 Å². The maximum absolute atomic E-state index is 12.7. The minimum absolute atomic E-state index is 0.0484. The van der Waals surface area contributed by atoms with E-state index in [-0.39, 0.29) is 17.9 Å². The summed E-state index contributed by atoms with van der Waals surface area (Å²) in [6.45, 7) is 4.41. The van der Waals surface area contributed by atoms with Crippen LogP contribution in [0.5, 0.6) is 0 Å². The Morgan fingerprint density at radius 2 is 2.12 bits per heavy atom. The highest BCUT2D eigenvalue weighted by Gasteiger charge is 2.34. The summed E-state index contributed by atoms with van der Waals surface area (Å²) in [5.74, 6) is 1.28. The van der Waals surface area contributed by atoms with Gasteiger partial charge < -0.3 is 19.9 Å². The molecule has 0 unspecified atom stereocenters. The molecule has 0 saturated carbocycles. The lowest BCUT2D eigenvalue weighted by molar-refractivity contribution is -0.136. The van der Waals surface area contributed by atoms with Crippen molar-refractivity contribution in [2.24, 2.45) is 5.92 Å². The molecule has 0 radical (unpaired) electrons. The Bertz CT molecular complexity index is 575. The van der Waals surface area contributed by atoms with Crippen molar-refractivity contribution < 1.29 is 9.53 Å². The van der Waals surface area contributed by atoms with Crippen LogP contribution in [0, 0.1) is 5.92 Å². The number of carbonyl (C=O) groups excluding carboxylic acids is 1. The molecule has 25 heavy (non-hydrogen) atoms. The quantitative estimate of drug-likeness (QED) is 0.907. The molecule has 1 aromatic heterocycles. The summed E-state index contributed by atoms with van der Waals surface area (Å²) in [5.41, 5.74) is 1.05. The molecule has 2 saturated heterocycles. The molecule has 2 aliphatic heterocycles. The molecule has 0 spiro atoms. The number of nitrogens with zero attached hydrogens (tertiary/aromatic N) is 3. The SMILES string of the molecule is C[C@@H]1OCC[C@@H]1C(=O)N1CCC[C@@H](Nc2ccc(N(C)C)nc2)CC1. The van der Waals surface area contributed by atoms with E-state index in [1.807, 2.05) is 43.1 Å². The highest BCUT2D eigenvalue weighted by Crippen LogP contribution is 2.25. The van der Waals surface area contributed by atoms with Gasteiger partial charge in [0.25, 0.3) is 0 Å². The Kier molecular flexibility index (Phi) is 5.78. The number of anilines is 2. The Morgan fingerprint density at radius 1 is 1.28 bits per heavy atom. The zero-order valence-electron chi connectivity index (χ0n) is 15.6. The number of amides is 1. The molecule has 138 valence electrons. The third-order valence-corrected chi connectivity index (χ3v) is 5.31. The average molecular weight is 346 g/mol. The fourth-order valence-corrected chi connectivity index (χ4v) is 3.72. The Morgan fingerprint density at radius 3 is 2.76 bits per heavy atom. The summed E-state index contributed by atoms with van der Waals surface area (Å²) in [4.78, 5) is 21.2. The van der Waals surface area contributed by atoms with E-state index < -0.39 is 0 Å². The summed E-state index contributed by atoms with van der Waals surface area (Å²) in [6.07, 6.45) is 5.90. The van der Waals surface area contributed by atoms with Crippen LogP contribution >= 0.6 is 0 Å². The van der Waals surface area contributed by atoms with E-state index in [1.165, 1.54) is 0 Å². The first-order chi connectivity index (χ1) is 12.0. The molecule has 6 heteroatoms. The van der Waals surface area contributed by atoms with E-state index in [4.69, 9.17) is 4.74 Å². The average Bonchev–Trinajstić information content (AvgIpc) is 2.89. The second kappa shape index (κ2) is 8.04. The topological polar surface area (TPSA) is 57.7 Å². The van der Waals surface area contributed by atoms with E-state index in [0.29, 0.717) is 12.6 Å². The van der Waals surface area contributed by atoms with Crippen LogP contribution < -0.4 is 10.2 Å². The second-order valence-corrected chi connectivity index (χ2v) is 7.37. The van der Waals surface area contributed by atoms with Crippen LogP contribution in [0.2, 0.25) is 0 Å². The van der Waals surface area contributed by atoms with E-state index >= 15 is 0 Å². The fourth-order valence-electron chi connectivity index (χ4n) is 3.72. The Labute approximate surface area is 150 Å². The van der Waals surface area contributed by atoms with Gasteiger partial charge in [0.1, 0.15) is 5.82 Å². The lowest BCUT2D eigenvalue weighted by Gasteiger charge is -2.25. The Balaban J connectivity index is 1.53. The number of hydrogen-bond acceptors (Lipinski definition) is 5. The number of carbonyl (C=O) groups is 1. The normalized spacial score (nSPS) is 27.0. The van der Waals surface area contributed by atoms with Gasteiger partial charge in [-0.1, -0.05) is 0 Å². The second-order valence-electron chi connectivity index (χ2n) is 7.37. The molecule has 0 bridgehead atoms. The van der Waals surface area contributed by atoms with Gasteiger partial charge in [0.05, 0.1) is 23.9 Å². The molecule has 3 heterocycles. The van der Waals surface area contributed by atoms with Crippen LogP contribution in [-0.4, -0.2) is 61.7 Å². The maximum atomic E-state index is 12.7. The van der Waals surface area contributed by atoms with Gasteiger partial charge in [0, 0.05) is 39.8 Å².